The summed E-state index contributed by atoms with van der Waals surface area (Å²) in [7, 11) is 0. The van der Waals surface area contributed by atoms with E-state index >= 15 is 0 Å². The minimum atomic E-state index is -0.0188. The van der Waals surface area contributed by atoms with Gasteiger partial charge in [-0.3, -0.25) is 4.90 Å². The molecule has 29 heavy (non-hydrogen) atoms. The molecule has 7 nitrogen and oxygen atoms in total. The van der Waals surface area contributed by atoms with Gasteiger partial charge in [0.25, 0.3) is 5.89 Å². The summed E-state index contributed by atoms with van der Waals surface area (Å²) >= 11 is 0. The van der Waals surface area contributed by atoms with Crippen LogP contribution in [0.3, 0.4) is 0 Å². The third-order valence-electron chi connectivity index (χ3n) is 5.08. The van der Waals surface area contributed by atoms with Gasteiger partial charge in [-0.25, -0.2) is 4.79 Å². The van der Waals surface area contributed by atoms with E-state index in [-0.39, 0.29) is 6.03 Å². The van der Waals surface area contributed by atoms with E-state index in [0.29, 0.717) is 37.9 Å². The summed E-state index contributed by atoms with van der Waals surface area (Å²) < 4.78 is 5.40. The van der Waals surface area contributed by atoms with Crippen molar-refractivity contribution in [2.45, 2.75) is 20.0 Å². The van der Waals surface area contributed by atoms with Gasteiger partial charge in [0.1, 0.15) is 0 Å². The Hall–Kier alpha value is -3.19. The molecule has 150 valence electrons. The average molecular weight is 391 g/mol. The van der Waals surface area contributed by atoms with Gasteiger partial charge in [-0.1, -0.05) is 53.2 Å². The van der Waals surface area contributed by atoms with Crippen LogP contribution in [0, 0.1) is 6.92 Å². The Morgan fingerprint density at radius 1 is 1.03 bits per heavy atom. The molecule has 1 aliphatic heterocycles. The number of rotatable bonds is 5. The second-order valence-electron chi connectivity index (χ2n) is 7.29. The van der Waals surface area contributed by atoms with Crippen LogP contribution in [-0.4, -0.2) is 52.2 Å². The van der Waals surface area contributed by atoms with Gasteiger partial charge in [-0.15, -0.1) is 0 Å². The number of hydrogen-bond donors (Lipinski definition) is 1. The molecule has 0 bridgehead atoms. The third kappa shape index (κ3) is 5.00. The van der Waals surface area contributed by atoms with Crippen LogP contribution < -0.4 is 5.32 Å². The van der Waals surface area contributed by atoms with Crippen LogP contribution in [-0.2, 0) is 13.1 Å². The monoisotopic (exact) mass is 391 g/mol. The zero-order valence-electron chi connectivity index (χ0n) is 16.5. The van der Waals surface area contributed by atoms with Gasteiger partial charge in [0.2, 0.25) is 0 Å². The van der Waals surface area contributed by atoms with Crippen LogP contribution in [0.15, 0.2) is 59.1 Å². The Kier molecular flexibility index (Phi) is 5.86. The molecule has 2 heterocycles. The number of hydrogen-bond acceptors (Lipinski definition) is 5. The molecular formula is C22H25N5O2. The highest BCUT2D eigenvalue weighted by atomic mass is 16.5. The van der Waals surface area contributed by atoms with Gasteiger partial charge in [-0.2, -0.15) is 4.98 Å². The Morgan fingerprint density at radius 3 is 2.48 bits per heavy atom. The van der Waals surface area contributed by atoms with Crippen molar-refractivity contribution in [3.8, 4) is 11.5 Å². The normalized spacial score (nSPS) is 14.7. The van der Waals surface area contributed by atoms with Crippen molar-refractivity contribution < 1.29 is 9.32 Å². The Labute approximate surface area is 170 Å². The maximum Gasteiger partial charge on any atom is 0.317 e. The summed E-state index contributed by atoms with van der Waals surface area (Å²) in [5.41, 5.74) is 3.22. The molecule has 0 spiro atoms. The Balaban J connectivity index is 1.25. The molecule has 1 fully saturated rings. The molecule has 1 N–H and O–H groups in total. The molecule has 0 saturated carbocycles. The van der Waals surface area contributed by atoms with Gasteiger partial charge in [0.15, 0.2) is 5.82 Å². The fourth-order valence-corrected chi connectivity index (χ4v) is 3.33. The Morgan fingerprint density at radius 2 is 1.76 bits per heavy atom. The molecule has 0 unspecified atom stereocenters. The van der Waals surface area contributed by atoms with E-state index in [9.17, 15) is 4.79 Å². The van der Waals surface area contributed by atoms with Crippen molar-refractivity contribution in [1.82, 2.24) is 25.3 Å². The lowest BCUT2D eigenvalue weighted by Crippen LogP contribution is -2.51. The Bertz CT molecular complexity index is 931. The molecule has 7 heteroatoms. The summed E-state index contributed by atoms with van der Waals surface area (Å²) in [6.07, 6.45) is 0. The van der Waals surface area contributed by atoms with Gasteiger partial charge in [-0.05, 0) is 24.6 Å². The van der Waals surface area contributed by atoms with E-state index < -0.39 is 0 Å². The van der Waals surface area contributed by atoms with E-state index in [1.54, 1.807) is 0 Å². The number of aryl methyl sites for hydroxylation is 1. The lowest BCUT2D eigenvalue weighted by Gasteiger charge is -2.34. The van der Waals surface area contributed by atoms with Gasteiger partial charge < -0.3 is 14.7 Å². The number of aromatic nitrogens is 2. The molecule has 1 aliphatic rings. The fourth-order valence-electron chi connectivity index (χ4n) is 3.33. The zero-order chi connectivity index (χ0) is 20.1. The van der Waals surface area contributed by atoms with Crippen molar-refractivity contribution in [1.29, 1.82) is 0 Å². The quantitative estimate of drug-likeness (QED) is 0.724. The molecule has 3 aromatic rings. The van der Waals surface area contributed by atoms with E-state index in [1.165, 1.54) is 5.56 Å². The molecule has 2 aromatic carbocycles. The van der Waals surface area contributed by atoms with Crippen LogP contribution in [0.25, 0.3) is 11.5 Å². The van der Waals surface area contributed by atoms with Gasteiger partial charge >= 0.3 is 6.03 Å². The summed E-state index contributed by atoms with van der Waals surface area (Å²) in [6, 6.07) is 17.9. The lowest BCUT2D eigenvalue weighted by molar-refractivity contribution is 0.132. The standard InChI is InChI=1S/C22H25N5O2/c1-17-7-9-19(10-8-17)21-24-20(25-29-21)16-26-11-13-27(14-12-26)22(28)23-15-18-5-3-2-4-6-18/h2-10H,11-16H2,1H3,(H,23,28). The van der Waals surface area contributed by atoms with Crippen molar-refractivity contribution in [3.05, 3.63) is 71.5 Å². The maximum absolute atomic E-state index is 12.4. The second-order valence-corrected chi connectivity index (χ2v) is 7.29. The van der Waals surface area contributed by atoms with Crippen LogP contribution in [0.1, 0.15) is 17.0 Å². The van der Waals surface area contributed by atoms with Crippen LogP contribution in [0.2, 0.25) is 0 Å². The van der Waals surface area contributed by atoms with E-state index in [0.717, 1.165) is 24.2 Å². The first-order chi connectivity index (χ1) is 14.2. The molecular weight excluding hydrogens is 366 g/mol. The molecule has 0 aliphatic carbocycles. The molecule has 4 rings (SSSR count). The zero-order valence-corrected chi connectivity index (χ0v) is 16.5. The lowest BCUT2D eigenvalue weighted by atomic mass is 10.1. The molecule has 1 saturated heterocycles. The second kappa shape index (κ2) is 8.87. The summed E-state index contributed by atoms with van der Waals surface area (Å²) in [4.78, 5) is 21.0. The molecule has 0 atom stereocenters. The predicted octanol–water partition coefficient (Wildman–Crippen LogP) is 3.07. The smallest absolute Gasteiger partial charge is 0.317 e. The highest BCUT2D eigenvalue weighted by Crippen LogP contribution is 2.18. The highest BCUT2D eigenvalue weighted by molar-refractivity contribution is 5.74. The molecule has 2 amide bonds. The minimum absolute atomic E-state index is 0.0188. The first-order valence-electron chi connectivity index (χ1n) is 9.86. The SMILES string of the molecule is Cc1ccc(-c2nc(CN3CCN(C(=O)NCc4ccccc4)CC3)no2)cc1. The van der Waals surface area contributed by atoms with Crippen molar-refractivity contribution >= 4 is 6.03 Å². The third-order valence-corrected chi connectivity index (χ3v) is 5.08. The molecule has 0 radical (unpaired) electrons. The molecule has 1 aromatic heterocycles. The highest BCUT2D eigenvalue weighted by Gasteiger charge is 2.22. The van der Waals surface area contributed by atoms with Crippen molar-refractivity contribution in [2.75, 3.05) is 26.2 Å². The largest absolute Gasteiger partial charge is 0.334 e. The van der Waals surface area contributed by atoms with Crippen LogP contribution >= 0.6 is 0 Å². The van der Waals surface area contributed by atoms with Gasteiger partial charge in [0, 0.05) is 38.3 Å². The van der Waals surface area contributed by atoms with E-state index in [1.807, 2.05) is 66.4 Å². The summed E-state index contributed by atoms with van der Waals surface area (Å²) in [5.74, 6) is 1.21. The number of nitrogens with one attached hydrogen (secondary N) is 1. The van der Waals surface area contributed by atoms with Crippen molar-refractivity contribution in [2.24, 2.45) is 0 Å². The number of amides is 2. The minimum Gasteiger partial charge on any atom is -0.334 e. The topological polar surface area (TPSA) is 74.5 Å². The number of carbonyl (C=O) groups excluding carboxylic acids is 1. The van der Waals surface area contributed by atoms with Crippen LogP contribution in [0.4, 0.5) is 4.79 Å². The number of urea groups is 1. The fraction of sp³-hybridized carbons (Fsp3) is 0.318. The average Bonchev–Trinajstić information content (AvgIpc) is 3.22. The van der Waals surface area contributed by atoms with E-state index in [2.05, 4.69) is 20.4 Å². The van der Waals surface area contributed by atoms with Crippen LogP contribution in [0.5, 0.6) is 0 Å². The van der Waals surface area contributed by atoms with E-state index in [4.69, 9.17) is 4.52 Å². The maximum atomic E-state index is 12.4. The van der Waals surface area contributed by atoms with Gasteiger partial charge in [0.05, 0.1) is 6.54 Å². The number of piperazine rings is 1. The number of benzene rings is 2. The number of carbonyl (C=O) groups is 1. The van der Waals surface area contributed by atoms with Crippen molar-refractivity contribution in [3.63, 3.8) is 0 Å². The number of nitrogens with zero attached hydrogens (tertiary/aromatic N) is 4. The summed E-state index contributed by atoms with van der Waals surface area (Å²) in [5, 5.41) is 7.09. The first kappa shape index (κ1) is 19.1. The summed E-state index contributed by atoms with van der Waals surface area (Å²) in [6.45, 7) is 6.15. The first-order valence-corrected chi connectivity index (χ1v) is 9.86. The predicted molar refractivity (Wildman–Crippen MR) is 110 cm³/mol.